The molecule has 1 atom stereocenters. The fourth-order valence-electron chi connectivity index (χ4n) is 1.47. The van der Waals surface area contributed by atoms with E-state index in [0.717, 1.165) is 12.4 Å². The van der Waals surface area contributed by atoms with Gasteiger partial charge in [-0.15, -0.1) is 0 Å². The Morgan fingerprint density at radius 2 is 1.94 bits per heavy atom. The second-order valence-corrected chi connectivity index (χ2v) is 3.87. The molecule has 1 rings (SSSR count). The van der Waals surface area contributed by atoms with Crippen molar-refractivity contribution in [3.63, 3.8) is 0 Å². The first-order valence-corrected chi connectivity index (χ1v) is 5.59. The van der Waals surface area contributed by atoms with Crippen LogP contribution >= 0.6 is 0 Å². The zero-order valence-electron chi connectivity index (χ0n) is 10.3. The molecule has 0 bridgehead atoms. The molecule has 1 aromatic carbocycles. The maximum Gasteiger partial charge on any atom is 0.118 e. The van der Waals surface area contributed by atoms with Crippen LogP contribution in [0.25, 0.3) is 0 Å². The lowest BCUT2D eigenvalue weighted by atomic mass is 10.2. The Kier molecular flexibility index (Phi) is 5.65. The highest BCUT2D eigenvalue weighted by molar-refractivity contribution is 5.26. The third-order valence-electron chi connectivity index (χ3n) is 2.33. The van der Waals surface area contributed by atoms with Crippen LogP contribution in [0.2, 0.25) is 0 Å². The third-order valence-corrected chi connectivity index (χ3v) is 2.33. The summed E-state index contributed by atoms with van der Waals surface area (Å²) in [5, 5.41) is 0. The van der Waals surface area contributed by atoms with Gasteiger partial charge < -0.3 is 9.47 Å². The summed E-state index contributed by atoms with van der Waals surface area (Å²) < 4.78 is 10.7. The van der Waals surface area contributed by atoms with E-state index < -0.39 is 0 Å². The van der Waals surface area contributed by atoms with E-state index in [2.05, 4.69) is 19.1 Å². The molecule has 2 nitrogen and oxygen atoms in total. The van der Waals surface area contributed by atoms with E-state index in [1.165, 1.54) is 5.56 Å². The van der Waals surface area contributed by atoms with Crippen molar-refractivity contribution in [2.45, 2.75) is 20.5 Å². The molecule has 0 aliphatic heterocycles. The zero-order valence-corrected chi connectivity index (χ0v) is 10.3. The van der Waals surface area contributed by atoms with E-state index >= 15 is 0 Å². The molecule has 0 aliphatic carbocycles. The number of allylic oxidation sites excluding steroid dienone is 1. The SMILES string of the molecule is CC=C[C@@H](C)COCc1ccc(OC)cc1. The molecule has 0 unspecified atom stereocenters. The van der Waals surface area contributed by atoms with E-state index in [4.69, 9.17) is 9.47 Å². The fraction of sp³-hybridized carbons (Fsp3) is 0.429. The molecule has 0 heterocycles. The molecule has 0 aliphatic rings. The van der Waals surface area contributed by atoms with Crippen molar-refractivity contribution in [1.82, 2.24) is 0 Å². The normalized spacial score (nSPS) is 12.9. The lowest BCUT2D eigenvalue weighted by molar-refractivity contribution is 0.104. The van der Waals surface area contributed by atoms with Crippen molar-refractivity contribution < 1.29 is 9.47 Å². The molecule has 2 heteroatoms. The van der Waals surface area contributed by atoms with Crippen LogP contribution in [-0.2, 0) is 11.3 Å². The molecule has 0 saturated heterocycles. The summed E-state index contributed by atoms with van der Waals surface area (Å²) in [6.07, 6.45) is 4.20. The minimum absolute atomic E-state index is 0.475. The Bertz CT molecular complexity index is 314. The summed E-state index contributed by atoms with van der Waals surface area (Å²) in [4.78, 5) is 0. The molecular formula is C14H20O2. The molecule has 16 heavy (non-hydrogen) atoms. The Labute approximate surface area is 97.9 Å². The lowest BCUT2D eigenvalue weighted by Gasteiger charge is -2.08. The predicted molar refractivity (Wildman–Crippen MR) is 66.6 cm³/mol. The maximum atomic E-state index is 5.62. The van der Waals surface area contributed by atoms with Crippen LogP contribution in [0.15, 0.2) is 36.4 Å². The zero-order chi connectivity index (χ0) is 11.8. The molecule has 0 fully saturated rings. The van der Waals surface area contributed by atoms with Gasteiger partial charge in [0.1, 0.15) is 5.75 Å². The lowest BCUT2D eigenvalue weighted by Crippen LogP contribution is -2.03. The maximum absolute atomic E-state index is 5.62. The van der Waals surface area contributed by atoms with E-state index in [1.807, 2.05) is 31.2 Å². The minimum Gasteiger partial charge on any atom is -0.497 e. The van der Waals surface area contributed by atoms with Gasteiger partial charge >= 0.3 is 0 Å². The van der Waals surface area contributed by atoms with Crippen LogP contribution in [0.3, 0.4) is 0 Å². The van der Waals surface area contributed by atoms with Gasteiger partial charge in [-0.05, 0) is 30.5 Å². The van der Waals surface area contributed by atoms with Crippen molar-refractivity contribution in [1.29, 1.82) is 0 Å². The first kappa shape index (κ1) is 12.8. The summed E-state index contributed by atoms with van der Waals surface area (Å²) in [6.45, 7) is 5.59. The standard InChI is InChI=1S/C14H20O2/c1-4-5-12(2)10-16-11-13-6-8-14(15-3)9-7-13/h4-9,12H,10-11H2,1-3H3/t12-/m1/s1. The van der Waals surface area contributed by atoms with Crippen LogP contribution in [-0.4, -0.2) is 13.7 Å². The minimum atomic E-state index is 0.475. The number of rotatable bonds is 6. The third kappa shape index (κ3) is 4.49. The number of benzene rings is 1. The van der Waals surface area contributed by atoms with Crippen LogP contribution in [0, 0.1) is 5.92 Å². The van der Waals surface area contributed by atoms with Gasteiger partial charge in [-0.25, -0.2) is 0 Å². The van der Waals surface area contributed by atoms with Gasteiger partial charge in [0.2, 0.25) is 0 Å². The van der Waals surface area contributed by atoms with E-state index in [1.54, 1.807) is 7.11 Å². The first-order valence-electron chi connectivity index (χ1n) is 5.59. The fourth-order valence-corrected chi connectivity index (χ4v) is 1.47. The Morgan fingerprint density at radius 1 is 1.25 bits per heavy atom. The molecule has 0 spiro atoms. The largest absolute Gasteiger partial charge is 0.497 e. The van der Waals surface area contributed by atoms with Crippen LogP contribution in [0.1, 0.15) is 19.4 Å². The summed E-state index contributed by atoms with van der Waals surface area (Å²) in [6, 6.07) is 7.96. The van der Waals surface area contributed by atoms with E-state index in [0.29, 0.717) is 12.5 Å². The monoisotopic (exact) mass is 220 g/mol. The van der Waals surface area contributed by atoms with Crippen molar-refractivity contribution in [3.8, 4) is 5.75 Å². The molecule has 0 radical (unpaired) electrons. The highest BCUT2D eigenvalue weighted by Crippen LogP contribution is 2.12. The predicted octanol–water partition coefficient (Wildman–Crippen LogP) is 3.42. The highest BCUT2D eigenvalue weighted by atomic mass is 16.5. The molecular weight excluding hydrogens is 200 g/mol. The second kappa shape index (κ2) is 7.07. The van der Waals surface area contributed by atoms with Crippen molar-refractivity contribution in [2.24, 2.45) is 5.92 Å². The Hall–Kier alpha value is -1.28. The molecule has 0 aromatic heterocycles. The molecule has 0 saturated carbocycles. The van der Waals surface area contributed by atoms with Crippen LogP contribution in [0.5, 0.6) is 5.75 Å². The van der Waals surface area contributed by atoms with Gasteiger partial charge in [-0.1, -0.05) is 31.2 Å². The van der Waals surface area contributed by atoms with Gasteiger partial charge in [-0.3, -0.25) is 0 Å². The summed E-state index contributed by atoms with van der Waals surface area (Å²) in [5.74, 6) is 1.36. The first-order chi connectivity index (χ1) is 7.76. The van der Waals surface area contributed by atoms with Gasteiger partial charge in [0.15, 0.2) is 0 Å². The average molecular weight is 220 g/mol. The van der Waals surface area contributed by atoms with Gasteiger partial charge in [0, 0.05) is 0 Å². The number of ether oxygens (including phenoxy) is 2. The Morgan fingerprint density at radius 3 is 2.50 bits per heavy atom. The summed E-state index contributed by atoms with van der Waals surface area (Å²) in [7, 11) is 1.67. The number of hydrogen-bond donors (Lipinski definition) is 0. The molecule has 1 aromatic rings. The highest BCUT2D eigenvalue weighted by Gasteiger charge is 1.98. The van der Waals surface area contributed by atoms with E-state index in [9.17, 15) is 0 Å². The van der Waals surface area contributed by atoms with Crippen LogP contribution in [0.4, 0.5) is 0 Å². The van der Waals surface area contributed by atoms with Crippen LogP contribution < -0.4 is 4.74 Å². The second-order valence-electron chi connectivity index (χ2n) is 3.87. The summed E-state index contributed by atoms with van der Waals surface area (Å²) >= 11 is 0. The molecule has 0 amide bonds. The Balaban J connectivity index is 2.31. The molecule has 88 valence electrons. The quantitative estimate of drug-likeness (QED) is 0.684. The average Bonchev–Trinajstić information content (AvgIpc) is 2.30. The van der Waals surface area contributed by atoms with Crippen molar-refractivity contribution in [2.75, 3.05) is 13.7 Å². The van der Waals surface area contributed by atoms with Gasteiger partial charge in [0.25, 0.3) is 0 Å². The van der Waals surface area contributed by atoms with Crippen molar-refractivity contribution in [3.05, 3.63) is 42.0 Å². The topological polar surface area (TPSA) is 18.5 Å². The number of hydrogen-bond acceptors (Lipinski definition) is 2. The smallest absolute Gasteiger partial charge is 0.118 e. The summed E-state index contributed by atoms with van der Waals surface area (Å²) in [5.41, 5.74) is 1.17. The number of methoxy groups -OCH3 is 1. The van der Waals surface area contributed by atoms with Gasteiger partial charge in [-0.2, -0.15) is 0 Å². The van der Waals surface area contributed by atoms with E-state index in [-0.39, 0.29) is 0 Å². The molecule has 0 N–H and O–H groups in total. The van der Waals surface area contributed by atoms with Crippen molar-refractivity contribution >= 4 is 0 Å². The van der Waals surface area contributed by atoms with Gasteiger partial charge in [0.05, 0.1) is 20.3 Å².